The van der Waals surface area contributed by atoms with Crippen molar-refractivity contribution in [1.82, 2.24) is 10.2 Å². The van der Waals surface area contributed by atoms with E-state index in [4.69, 9.17) is 21.8 Å². The maximum absolute atomic E-state index is 6.14. The maximum Gasteiger partial charge on any atom is 0.320 e. The molecule has 3 N–H and O–H groups in total. The van der Waals surface area contributed by atoms with Gasteiger partial charge in [-0.05, 0) is 18.6 Å². The summed E-state index contributed by atoms with van der Waals surface area (Å²) in [7, 11) is 0. The lowest BCUT2D eigenvalue weighted by atomic mass is 10.2. The third-order valence-electron chi connectivity index (χ3n) is 2.26. The first kappa shape index (κ1) is 11.9. The molecule has 0 fully saturated rings. The van der Waals surface area contributed by atoms with Gasteiger partial charge in [-0.15, -0.1) is 5.10 Å². The number of aryl methyl sites for hydroxylation is 1. The van der Waals surface area contributed by atoms with Gasteiger partial charge in [-0.25, -0.2) is 0 Å². The summed E-state index contributed by atoms with van der Waals surface area (Å²) in [6, 6.07) is 6.00. The summed E-state index contributed by atoms with van der Waals surface area (Å²) in [5.74, 6) is 0.513. The smallest absolute Gasteiger partial charge is 0.320 e. The number of hydrogen-bond donors (Lipinski definition) is 2. The second-order valence-electron chi connectivity index (χ2n) is 3.60. The first-order valence-electron chi connectivity index (χ1n) is 5.25. The van der Waals surface area contributed by atoms with E-state index in [-0.39, 0.29) is 0 Å². The van der Waals surface area contributed by atoms with Crippen molar-refractivity contribution in [2.24, 2.45) is 5.73 Å². The van der Waals surface area contributed by atoms with Crippen molar-refractivity contribution in [3.8, 4) is 0 Å². The highest BCUT2D eigenvalue weighted by molar-refractivity contribution is 6.34. The highest BCUT2D eigenvalue weighted by Gasteiger charge is 2.08. The van der Waals surface area contributed by atoms with Crippen LogP contribution < -0.4 is 11.1 Å². The number of rotatable bonds is 4. The van der Waals surface area contributed by atoms with Crippen molar-refractivity contribution in [3.63, 3.8) is 0 Å². The monoisotopic (exact) mass is 252 g/mol. The Labute approximate surface area is 104 Å². The third-order valence-corrected chi connectivity index (χ3v) is 2.76. The summed E-state index contributed by atoms with van der Waals surface area (Å²) < 4.78 is 5.35. The Hall–Kier alpha value is -1.59. The molecule has 1 aromatic carbocycles. The van der Waals surface area contributed by atoms with Crippen LogP contribution in [0.1, 0.15) is 11.5 Å². The molecule has 90 valence electrons. The van der Waals surface area contributed by atoms with E-state index < -0.39 is 0 Å². The predicted molar refractivity (Wildman–Crippen MR) is 66.5 cm³/mol. The minimum atomic E-state index is 0.320. The van der Waals surface area contributed by atoms with Crippen molar-refractivity contribution in [2.75, 3.05) is 11.9 Å². The second-order valence-corrected chi connectivity index (χ2v) is 3.98. The molecule has 5 nitrogen and oxygen atoms in total. The van der Waals surface area contributed by atoms with Crippen LogP contribution in [0.3, 0.4) is 0 Å². The Bertz CT molecular complexity index is 512. The standard InChI is InChI=1S/C11H13ClN4O/c1-7-3-2-4-8(10(7)12)14-11-16-15-9(17-11)5-6-13/h2-4H,5-6,13H2,1H3,(H,14,16). The molecule has 17 heavy (non-hydrogen) atoms. The number of anilines is 2. The molecular formula is C11H13ClN4O. The number of benzene rings is 1. The van der Waals surface area contributed by atoms with E-state index in [0.29, 0.717) is 29.9 Å². The Kier molecular flexibility index (Phi) is 3.61. The third kappa shape index (κ3) is 2.75. The fourth-order valence-corrected chi connectivity index (χ4v) is 1.56. The predicted octanol–water partition coefficient (Wildman–Crippen LogP) is 2.28. The van der Waals surface area contributed by atoms with Crippen molar-refractivity contribution in [1.29, 1.82) is 0 Å². The van der Waals surface area contributed by atoms with E-state index in [1.54, 1.807) is 0 Å². The summed E-state index contributed by atoms with van der Waals surface area (Å²) in [6.07, 6.45) is 0.566. The molecule has 0 spiro atoms. The summed E-state index contributed by atoms with van der Waals surface area (Å²) in [5.41, 5.74) is 7.13. The number of hydrogen-bond acceptors (Lipinski definition) is 5. The zero-order chi connectivity index (χ0) is 12.3. The van der Waals surface area contributed by atoms with Crippen molar-refractivity contribution < 1.29 is 4.42 Å². The number of aromatic nitrogens is 2. The van der Waals surface area contributed by atoms with Gasteiger partial charge in [0.15, 0.2) is 0 Å². The molecule has 0 aliphatic carbocycles. The van der Waals surface area contributed by atoms with Crippen LogP contribution in [-0.2, 0) is 6.42 Å². The Morgan fingerprint density at radius 3 is 3.00 bits per heavy atom. The number of nitrogens with one attached hydrogen (secondary N) is 1. The topological polar surface area (TPSA) is 77.0 Å². The van der Waals surface area contributed by atoms with Crippen LogP contribution in [0.2, 0.25) is 5.02 Å². The average Bonchev–Trinajstić information content (AvgIpc) is 2.73. The van der Waals surface area contributed by atoms with Gasteiger partial charge < -0.3 is 15.5 Å². The Balaban J connectivity index is 2.16. The number of nitrogens with zero attached hydrogens (tertiary/aromatic N) is 2. The van der Waals surface area contributed by atoms with Crippen LogP contribution in [0.4, 0.5) is 11.7 Å². The molecule has 0 radical (unpaired) electrons. The highest BCUT2D eigenvalue weighted by atomic mass is 35.5. The molecule has 1 heterocycles. The molecular weight excluding hydrogens is 240 g/mol. The summed E-state index contributed by atoms with van der Waals surface area (Å²) in [6.45, 7) is 2.41. The zero-order valence-electron chi connectivity index (χ0n) is 9.40. The Morgan fingerprint density at radius 2 is 2.24 bits per heavy atom. The molecule has 1 aromatic heterocycles. The molecule has 0 amide bonds. The van der Waals surface area contributed by atoms with Gasteiger partial charge in [0.25, 0.3) is 0 Å². The summed E-state index contributed by atoms with van der Waals surface area (Å²) in [5, 5.41) is 11.3. The lowest BCUT2D eigenvalue weighted by molar-refractivity contribution is 0.510. The molecule has 0 aliphatic heterocycles. The van der Waals surface area contributed by atoms with Crippen LogP contribution in [0.15, 0.2) is 22.6 Å². The van der Waals surface area contributed by atoms with Crippen LogP contribution in [0.5, 0.6) is 0 Å². The van der Waals surface area contributed by atoms with Gasteiger partial charge in [0, 0.05) is 13.0 Å². The number of halogens is 1. The first-order valence-corrected chi connectivity index (χ1v) is 5.63. The van der Waals surface area contributed by atoms with Gasteiger partial charge in [0.1, 0.15) is 0 Å². The van der Waals surface area contributed by atoms with Crippen molar-refractivity contribution in [3.05, 3.63) is 34.7 Å². The van der Waals surface area contributed by atoms with Crippen LogP contribution in [-0.4, -0.2) is 16.7 Å². The minimum Gasteiger partial charge on any atom is -0.408 e. The number of nitrogens with two attached hydrogens (primary N) is 1. The minimum absolute atomic E-state index is 0.320. The molecule has 0 unspecified atom stereocenters. The van der Waals surface area contributed by atoms with E-state index >= 15 is 0 Å². The van der Waals surface area contributed by atoms with E-state index in [2.05, 4.69) is 15.5 Å². The largest absolute Gasteiger partial charge is 0.408 e. The Morgan fingerprint density at radius 1 is 1.41 bits per heavy atom. The van der Waals surface area contributed by atoms with Gasteiger partial charge in [-0.3, -0.25) is 0 Å². The highest BCUT2D eigenvalue weighted by Crippen LogP contribution is 2.27. The molecule has 6 heteroatoms. The van der Waals surface area contributed by atoms with Crippen LogP contribution in [0.25, 0.3) is 0 Å². The lowest BCUT2D eigenvalue weighted by Crippen LogP contribution is -2.02. The van der Waals surface area contributed by atoms with E-state index in [9.17, 15) is 0 Å². The SMILES string of the molecule is Cc1cccc(Nc2nnc(CCN)o2)c1Cl. The molecule has 0 atom stereocenters. The molecule has 0 saturated carbocycles. The van der Waals surface area contributed by atoms with Crippen molar-refractivity contribution >= 4 is 23.3 Å². The van der Waals surface area contributed by atoms with Crippen LogP contribution >= 0.6 is 11.6 Å². The summed E-state index contributed by atoms with van der Waals surface area (Å²) >= 11 is 6.14. The second kappa shape index (κ2) is 5.16. The molecule has 2 rings (SSSR count). The van der Waals surface area contributed by atoms with Gasteiger partial charge in [0.2, 0.25) is 5.89 Å². The first-order chi connectivity index (χ1) is 8.20. The molecule has 0 bridgehead atoms. The van der Waals surface area contributed by atoms with Gasteiger partial charge in [-0.1, -0.05) is 28.8 Å². The molecule has 0 saturated heterocycles. The molecule has 2 aromatic rings. The van der Waals surface area contributed by atoms with E-state index in [1.807, 2.05) is 25.1 Å². The van der Waals surface area contributed by atoms with Gasteiger partial charge in [-0.2, -0.15) is 0 Å². The summed E-state index contributed by atoms with van der Waals surface area (Å²) in [4.78, 5) is 0. The van der Waals surface area contributed by atoms with Crippen LogP contribution in [0, 0.1) is 6.92 Å². The van der Waals surface area contributed by atoms with Gasteiger partial charge >= 0.3 is 6.01 Å². The van der Waals surface area contributed by atoms with Crippen molar-refractivity contribution in [2.45, 2.75) is 13.3 Å². The molecule has 0 aliphatic rings. The lowest BCUT2D eigenvalue weighted by Gasteiger charge is -2.05. The fraction of sp³-hybridized carbons (Fsp3) is 0.273. The fourth-order valence-electron chi connectivity index (χ4n) is 1.39. The quantitative estimate of drug-likeness (QED) is 0.873. The maximum atomic E-state index is 6.14. The zero-order valence-corrected chi connectivity index (χ0v) is 10.2. The van der Waals surface area contributed by atoms with E-state index in [1.165, 1.54) is 0 Å². The van der Waals surface area contributed by atoms with E-state index in [0.717, 1.165) is 11.3 Å². The normalized spacial score (nSPS) is 10.5. The van der Waals surface area contributed by atoms with Gasteiger partial charge in [0.05, 0.1) is 10.7 Å². The average molecular weight is 253 g/mol.